The molecular weight excluding hydrogens is 350 g/mol. The highest BCUT2D eigenvalue weighted by molar-refractivity contribution is 5.95. The smallest absolute Gasteiger partial charge is 0.227 e. The summed E-state index contributed by atoms with van der Waals surface area (Å²) in [6.45, 7) is 9.74. The van der Waals surface area contributed by atoms with Crippen molar-refractivity contribution < 1.29 is 4.79 Å². The van der Waals surface area contributed by atoms with Gasteiger partial charge < -0.3 is 20.4 Å². The second-order valence-corrected chi connectivity index (χ2v) is 8.14. The van der Waals surface area contributed by atoms with E-state index in [0.717, 1.165) is 49.7 Å². The van der Waals surface area contributed by atoms with Crippen LogP contribution in [0.1, 0.15) is 45.6 Å². The highest BCUT2D eigenvalue weighted by atomic mass is 16.2. The van der Waals surface area contributed by atoms with Gasteiger partial charge in [0.05, 0.1) is 6.54 Å². The van der Waals surface area contributed by atoms with E-state index in [1.54, 1.807) is 0 Å². The average molecular weight is 388 g/mol. The fourth-order valence-corrected chi connectivity index (χ4v) is 3.45. The molecule has 1 heterocycles. The highest BCUT2D eigenvalue weighted by Gasteiger charge is 2.21. The molecule has 6 heteroatoms. The Morgan fingerprint density at radius 3 is 2.46 bits per heavy atom. The molecule has 1 aliphatic rings. The van der Waals surface area contributed by atoms with Crippen molar-refractivity contribution in [3.05, 3.63) is 29.8 Å². The number of anilines is 1. The summed E-state index contributed by atoms with van der Waals surface area (Å²) in [5, 5.41) is 6.81. The summed E-state index contributed by atoms with van der Waals surface area (Å²) >= 11 is 0. The maximum atomic E-state index is 11.9. The van der Waals surface area contributed by atoms with Gasteiger partial charge in [0, 0.05) is 37.8 Å². The molecule has 0 bridgehead atoms. The minimum absolute atomic E-state index is 0.223. The number of likely N-dealkylation sites (N-methyl/N-ethyl adjacent to an activating group) is 1. The van der Waals surface area contributed by atoms with Gasteiger partial charge in [-0.3, -0.25) is 4.79 Å². The number of nitrogens with zero attached hydrogens (tertiary/aromatic N) is 3. The van der Waals surface area contributed by atoms with Gasteiger partial charge in [-0.25, -0.2) is 4.99 Å². The van der Waals surface area contributed by atoms with E-state index in [0.29, 0.717) is 24.9 Å². The number of carbonyl (C=O) groups excluding carboxylic acids is 1. The molecule has 0 spiro atoms. The molecule has 0 saturated carbocycles. The first-order valence-electron chi connectivity index (χ1n) is 10.5. The minimum Gasteiger partial charge on any atom is -0.357 e. The van der Waals surface area contributed by atoms with Crippen molar-refractivity contribution in [1.82, 2.24) is 15.5 Å². The van der Waals surface area contributed by atoms with E-state index >= 15 is 0 Å². The largest absolute Gasteiger partial charge is 0.357 e. The van der Waals surface area contributed by atoms with Gasteiger partial charge in [0.15, 0.2) is 5.96 Å². The lowest BCUT2D eigenvalue weighted by molar-refractivity contribution is -0.117. The second-order valence-electron chi connectivity index (χ2n) is 8.14. The third-order valence-corrected chi connectivity index (χ3v) is 5.06. The van der Waals surface area contributed by atoms with Gasteiger partial charge in [0.25, 0.3) is 0 Å². The summed E-state index contributed by atoms with van der Waals surface area (Å²) < 4.78 is 0. The fraction of sp³-hybridized carbons (Fsp3) is 0.636. The van der Waals surface area contributed by atoms with Crippen molar-refractivity contribution >= 4 is 17.6 Å². The number of aliphatic imine (C=N–C) groups is 1. The van der Waals surface area contributed by atoms with E-state index in [-0.39, 0.29) is 5.91 Å². The van der Waals surface area contributed by atoms with Crippen molar-refractivity contribution in [1.29, 1.82) is 0 Å². The number of hydrogen-bond acceptors (Lipinski definition) is 3. The highest BCUT2D eigenvalue weighted by Crippen LogP contribution is 2.21. The van der Waals surface area contributed by atoms with Gasteiger partial charge in [0.1, 0.15) is 0 Å². The molecule has 1 atom stereocenters. The molecule has 0 aromatic heterocycles. The molecule has 2 N–H and O–H groups in total. The predicted molar refractivity (Wildman–Crippen MR) is 118 cm³/mol. The first kappa shape index (κ1) is 22.2. The number of guanidine groups is 1. The van der Waals surface area contributed by atoms with Crippen molar-refractivity contribution in [2.24, 2.45) is 10.9 Å². The molecule has 0 radical (unpaired) electrons. The van der Waals surface area contributed by atoms with Crippen molar-refractivity contribution in [2.45, 2.75) is 52.6 Å². The molecule has 1 aromatic carbocycles. The van der Waals surface area contributed by atoms with Gasteiger partial charge in [-0.05, 0) is 57.5 Å². The Balaban J connectivity index is 1.94. The van der Waals surface area contributed by atoms with Crippen LogP contribution in [-0.4, -0.2) is 56.5 Å². The van der Waals surface area contributed by atoms with Gasteiger partial charge in [-0.2, -0.15) is 0 Å². The van der Waals surface area contributed by atoms with Crippen LogP contribution in [0.3, 0.4) is 0 Å². The van der Waals surface area contributed by atoms with E-state index in [1.165, 1.54) is 0 Å². The Kier molecular flexibility index (Phi) is 8.77. The molecule has 1 amide bonds. The minimum atomic E-state index is 0.223. The summed E-state index contributed by atoms with van der Waals surface area (Å²) in [6.07, 6.45) is 2.76. The van der Waals surface area contributed by atoms with Crippen LogP contribution in [0.2, 0.25) is 0 Å². The van der Waals surface area contributed by atoms with Crippen LogP contribution < -0.4 is 15.5 Å². The van der Waals surface area contributed by atoms with Crippen LogP contribution in [0.25, 0.3) is 0 Å². The normalized spacial score (nSPS) is 16.2. The number of hydrogen-bond donors (Lipinski definition) is 2. The van der Waals surface area contributed by atoms with E-state index in [9.17, 15) is 4.79 Å². The molecule has 1 unspecified atom stereocenters. The molecule has 1 aliphatic heterocycles. The standard InChI is InChI=1S/C22H37N5O/c1-6-23-22(25-16-20(26(4)5)14-17(2)3)24-15-18-9-11-19(12-10-18)27-13-7-8-21(27)28/h9-12,17,20H,6-8,13-16H2,1-5H3,(H2,23,24,25). The molecule has 1 aromatic rings. The zero-order valence-electron chi connectivity index (χ0n) is 18.2. The van der Waals surface area contributed by atoms with Gasteiger partial charge in [-0.15, -0.1) is 0 Å². The number of amides is 1. The van der Waals surface area contributed by atoms with Gasteiger partial charge in [0.2, 0.25) is 5.91 Å². The van der Waals surface area contributed by atoms with Crippen LogP contribution in [0.4, 0.5) is 5.69 Å². The molecule has 156 valence electrons. The summed E-state index contributed by atoms with van der Waals surface area (Å²) in [6, 6.07) is 8.66. The predicted octanol–water partition coefficient (Wildman–Crippen LogP) is 2.84. The first-order chi connectivity index (χ1) is 13.4. The maximum Gasteiger partial charge on any atom is 0.227 e. The Morgan fingerprint density at radius 2 is 1.93 bits per heavy atom. The van der Waals surface area contributed by atoms with Crippen LogP contribution >= 0.6 is 0 Å². The maximum absolute atomic E-state index is 11.9. The Hall–Kier alpha value is -2.08. The summed E-state index contributed by atoms with van der Waals surface area (Å²) in [5.41, 5.74) is 2.13. The quantitative estimate of drug-likeness (QED) is 0.505. The zero-order valence-corrected chi connectivity index (χ0v) is 18.2. The molecule has 2 rings (SSSR count). The van der Waals surface area contributed by atoms with E-state index < -0.39 is 0 Å². The molecule has 0 aliphatic carbocycles. The molecule has 6 nitrogen and oxygen atoms in total. The van der Waals surface area contributed by atoms with Crippen LogP contribution in [0.5, 0.6) is 0 Å². The van der Waals surface area contributed by atoms with Gasteiger partial charge in [-0.1, -0.05) is 26.0 Å². The van der Waals surface area contributed by atoms with Crippen molar-refractivity contribution in [3.63, 3.8) is 0 Å². The average Bonchev–Trinajstić information content (AvgIpc) is 3.08. The van der Waals surface area contributed by atoms with Crippen molar-refractivity contribution in [3.8, 4) is 0 Å². The third-order valence-electron chi connectivity index (χ3n) is 5.06. The van der Waals surface area contributed by atoms with Crippen LogP contribution in [0.15, 0.2) is 29.3 Å². The molecule has 1 fully saturated rings. The Bertz CT molecular complexity index is 639. The van der Waals surface area contributed by atoms with Gasteiger partial charge >= 0.3 is 0 Å². The van der Waals surface area contributed by atoms with E-state index in [4.69, 9.17) is 4.99 Å². The first-order valence-corrected chi connectivity index (χ1v) is 10.5. The van der Waals surface area contributed by atoms with Crippen LogP contribution in [-0.2, 0) is 11.3 Å². The Morgan fingerprint density at radius 1 is 1.21 bits per heavy atom. The van der Waals surface area contributed by atoms with E-state index in [1.807, 2.05) is 17.0 Å². The Labute approximate surface area is 170 Å². The lowest BCUT2D eigenvalue weighted by atomic mass is 10.0. The summed E-state index contributed by atoms with van der Waals surface area (Å²) in [7, 11) is 4.26. The lowest BCUT2D eigenvalue weighted by Gasteiger charge is -2.27. The monoisotopic (exact) mass is 387 g/mol. The number of nitrogens with one attached hydrogen (secondary N) is 2. The SMILES string of the molecule is CCNC(=NCc1ccc(N2CCCC2=O)cc1)NCC(CC(C)C)N(C)C. The third kappa shape index (κ3) is 6.82. The lowest BCUT2D eigenvalue weighted by Crippen LogP contribution is -2.45. The fourth-order valence-electron chi connectivity index (χ4n) is 3.45. The summed E-state index contributed by atoms with van der Waals surface area (Å²) in [4.78, 5) is 20.7. The number of benzene rings is 1. The zero-order chi connectivity index (χ0) is 20.5. The topological polar surface area (TPSA) is 60.0 Å². The van der Waals surface area contributed by atoms with Crippen LogP contribution in [0, 0.1) is 5.92 Å². The number of rotatable bonds is 9. The molecule has 28 heavy (non-hydrogen) atoms. The molecule has 1 saturated heterocycles. The molecular formula is C22H37N5O. The second kappa shape index (κ2) is 11.1. The van der Waals surface area contributed by atoms with Crippen molar-refractivity contribution in [2.75, 3.05) is 38.6 Å². The summed E-state index contributed by atoms with van der Waals surface area (Å²) in [5.74, 6) is 1.73. The van der Waals surface area contributed by atoms with E-state index in [2.05, 4.69) is 62.5 Å². The number of carbonyl (C=O) groups is 1.